The van der Waals surface area contributed by atoms with Gasteiger partial charge in [0.25, 0.3) is 0 Å². The second kappa shape index (κ2) is 11.7. The molecule has 0 aromatic heterocycles. The molecule has 0 radical (unpaired) electrons. The molecule has 0 aliphatic rings. The van der Waals surface area contributed by atoms with E-state index in [4.69, 9.17) is 0 Å². The number of sulfonamides is 1. The van der Waals surface area contributed by atoms with Crippen molar-refractivity contribution in [3.8, 4) is 0 Å². The highest BCUT2D eigenvalue weighted by Gasteiger charge is 2.24. The Hall–Kier alpha value is -1.65. The number of aliphatic imine (C=N–C) groups is 1. The average Bonchev–Trinajstić information content (AvgIpc) is 2.65. The van der Waals surface area contributed by atoms with E-state index in [1.54, 1.807) is 18.2 Å². The first kappa shape index (κ1) is 26.4. The fourth-order valence-electron chi connectivity index (χ4n) is 2.87. The van der Waals surface area contributed by atoms with E-state index in [1.165, 1.54) is 0 Å². The Bertz CT molecular complexity index is 926. The molecule has 8 heteroatoms. The van der Waals surface area contributed by atoms with Crippen LogP contribution in [0, 0.1) is 0 Å². The number of halogens is 1. The van der Waals surface area contributed by atoms with Crippen LogP contribution in [0.1, 0.15) is 51.8 Å². The summed E-state index contributed by atoms with van der Waals surface area (Å²) in [5, 5.41) is 6.60. The van der Waals surface area contributed by atoms with Gasteiger partial charge < -0.3 is 10.6 Å². The monoisotopic (exact) mass is 544 g/mol. The van der Waals surface area contributed by atoms with Crippen molar-refractivity contribution in [2.24, 2.45) is 4.99 Å². The number of nitrogens with zero attached hydrogens (tertiary/aromatic N) is 1. The molecule has 0 bridgehead atoms. The first-order valence-electron chi connectivity index (χ1n) is 9.84. The van der Waals surface area contributed by atoms with Crippen LogP contribution in [0.5, 0.6) is 0 Å². The highest BCUT2D eigenvalue weighted by molar-refractivity contribution is 14.0. The predicted molar refractivity (Wildman–Crippen MR) is 135 cm³/mol. The number of hydrogen-bond donors (Lipinski definition) is 3. The standard InChI is InChI=1S/C22H32N4O2S.HI/c1-6-23-21(25-17(2)18-12-8-7-9-13-18)24-16-19-14-10-11-15-20(19)29(27,28)26-22(3,4)5;/h7-15,17,26H,6,16H2,1-5H3,(H2,23,24,25);1H. The highest BCUT2D eigenvalue weighted by Crippen LogP contribution is 2.19. The first-order chi connectivity index (χ1) is 13.6. The largest absolute Gasteiger partial charge is 0.357 e. The first-order valence-corrected chi connectivity index (χ1v) is 11.3. The van der Waals surface area contributed by atoms with Gasteiger partial charge in [-0.2, -0.15) is 0 Å². The SMILES string of the molecule is CCNC(=NCc1ccccc1S(=O)(=O)NC(C)(C)C)NC(C)c1ccccc1.I. The minimum atomic E-state index is -3.63. The molecule has 0 saturated heterocycles. The van der Waals surface area contributed by atoms with Gasteiger partial charge in [-0.1, -0.05) is 48.5 Å². The predicted octanol–water partition coefficient (Wildman–Crippen LogP) is 4.20. The highest BCUT2D eigenvalue weighted by atomic mass is 127. The molecule has 0 aliphatic carbocycles. The number of benzene rings is 2. The summed E-state index contributed by atoms with van der Waals surface area (Å²) < 4.78 is 28.3. The average molecular weight is 545 g/mol. The lowest BCUT2D eigenvalue weighted by atomic mass is 10.1. The summed E-state index contributed by atoms with van der Waals surface area (Å²) in [5.74, 6) is 0.639. The normalized spacial score (nSPS) is 13.3. The fourth-order valence-corrected chi connectivity index (χ4v) is 4.52. The van der Waals surface area contributed by atoms with Crippen molar-refractivity contribution < 1.29 is 8.42 Å². The molecule has 166 valence electrons. The zero-order chi connectivity index (χ0) is 21.5. The van der Waals surface area contributed by atoms with Crippen molar-refractivity contribution in [2.45, 2.75) is 57.6 Å². The van der Waals surface area contributed by atoms with Gasteiger partial charge >= 0.3 is 0 Å². The summed E-state index contributed by atoms with van der Waals surface area (Å²) in [6.45, 7) is 10.5. The van der Waals surface area contributed by atoms with E-state index in [0.29, 0.717) is 18.1 Å². The molecule has 2 aromatic carbocycles. The van der Waals surface area contributed by atoms with E-state index >= 15 is 0 Å². The van der Waals surface area contributed by atoms with Crippen LogP contribution in [0.2, 0.25) is 0 Å². The third-order valence-corrected chi connectivity index (χ3v) is 5.97. The summed E-state index contributed by atoms with van der Waals surface area (Å²) in [6, 6.07) is 17.1. The van der Waals surface area contributed by atoms with Crippen molar-refractivity contribution >= 4 is 40.0 Å². The minimum Gasteiger partial charge on any atom is -0.357 e. The Kier molecular flexibility index (Phi) is 10.3. The quantitative estimate of drug-likeness (QED) is 0.277. The third-order valence-electron chi connectivity index (χ3n) is 4.11. The summed E-state index contributed by atoms with van der Waals surface area (Å²) in [4.78, 5) is 4.88. The van der Waals surface area contributed by atoms with Crippen LogP contribution < -0.4 is 15.4 Å². The van der Waals surface area contributed by atoms with Crippen molar-refractivity contribution in [3.63, 3.8) is 0 Å². The van der Waals surface area contributed by atoms with Gasteiger partial charge in [-0.25, -0.2) is 18.1 Å². The van der Waals surface area contributed by atoms with E-state index in [2.05, 4.69) is 39.4 Å². The number of rotatable bonds is 7. The molecule has 2 rings (SSSR count). The van der Waals surface area contributed by atoms with E-state index in [1.807, 2.05) is 52.0 Å². The molecular formula is C22H33IN4O2S. The van der Waals surface area contributed by atoms with Gasteiger partial charge in [0, 0.05) is 12.1 Å². The Balaban J connectivity index is 0.00000450. The summed E-state index contributed by atoms with van der Waals surface area (Å²) >= 11 is 0. The van der Waals surface area contributed by atoms with Crippen LogP contribution in [-0.2, 0) is 16.6 Å². The number of hydrogen-bond acceptors (Lipinski definition) is 3. The maximum Gasteiger partial charge on any atom is 0.241 e. The zero-order valence-corrected chi connectivity index (χ0v) is 21.4. The van der Waals surface area contributed by atoms with Gasteiger partial charge in [0.05, 0.1) is 17.5 Å². The maximum atomic E-state index is 12.8. The summed E-state index contributed by atoms with van der Waals surface area (Å²) in [7, 11) is -3.63. The number of nitrogens with one attached hydrogen (secondary N) is 3. The molecule has 1 unspecified atom stereocenters. The molecule has 0 saturated carbocycles. The third kappa shape index (κ3) is 8.23. The molecule has 0 amide bonds. The lowest BCUT2D eigenvalue weighted by Gasteiger charge is -2.21. The molecule has 0 fully saturated rings. The second-order valence-electron chi connectivity index (χ2n) is 7.94. The Morgan fingerprint density at radius 2 is 1.63 bits per heavy atom. The molecular weight excluding hydrogens is 511 g/mol. The Morgan fingerprint density at radius 1 is 1.03 bits per heavy atom. The molecule has 30 heavy (non-hydrogen) atoms. The smallest absolute Gasteiger partial charge is 0.241 e. The van der Waals surface area contributed by atoms with Gasteiger partial charge in [0.1, 0.15) is 0 Å². The second-order valence-corrected chi connectivity index (χ2v) is 9.59. The van der Waals surface area contributed by atoms with Crippen LogP contribution in [0.15, 0.2) is 64.5 Å². The minimum absolute atomic E-state index is 0. The molecule has 0 heterocycles. The van der Waals surface area contributed by atoms with Crippen LogP contribution in [0.3, 0.4) is 0 Å². The summed E-state index contributed by atoms with van der Waals surface area (Å²) in [6.07, 6.45) is 0. The Morgan fingerprint density at radius 3 is 2.23 bits per heavy atom. The molecule has 6 nitrogen and oxygen atoms in total. The van der Waals surface area contributed by atoms with Crippen molar-refractivity contribution in [1.82, 2.24) is 15.4 Å². The van der Waals surface area contributed by atoms with E-state index in [0.717, 1.165) is 5.56 Å². The van der Waals surface area contributed by atoms with Crippen LogP contribution in [0.4, 0.5) is 0 Å². The molecule has 0 aliphatic heterocycles. The fraction of sp³-hybridized carbons (Fsp3) is 0.409. The van der Waals surface area contributed by atoms with E-state index in [-0.39, 0.29) is 41.5 Å². The van der Waals surface area contributed by atoms with Gasteiger partial charge in [-0.05, 0) is 51.8 Å². The molecule has 3 N–H and O–H groups in total. The molecule has 0 spiro atoms. The lowest BCUT2D eigenvalue weighted by molar-refractivity contribution is 0.491. The van der Waals surface area contributed by atoms with E-state index < -0.39 is 15.6 Å². The van der Waals surface area contributed by atoms with Gasteiger partial charge in [0.15, 0.2) is 5.96 Å². The topological polar surface area (TPSA) is 82.6 Å². The molecule has 1 atom stereocenters. The maximum absolute atomic E-state index is 12.8. The van der Waals surface area contributed by atoms with Crippen molar-refractivity contribution in [2.75, 3.05) is 6.54 Å². The zero-order valence-electron chi connectivity index (χ0n) is 18.3. The van der Waals surface area contributed by atoms with Crippen LogP contribution >= 0.6 is 24.0 Å². The van der Waals surface area contributed by atoms with E-state index in [9.17, 15) is 8.42 Å². The summed E-state index contributed by atoms with van der Waals surface area (Å²) in [5.41, 5.74) is 1.24. The lowest BCUT2D eigenvalue weighted by Crippen LogP contribution is -2.41. The van der Waals surface area contributed by atoms with Crippen LogP contribution in [-0.4, -0.2) is 26.5 Å². The molecule has 2 aromatic rings. The van der Waals surface area contributed by atoms with Gasteiger partial charge in [-0.15, -0.1) is 24.0 Å². The number of guanidine groups is 1. The van der Waals surface area contributed by atoms with Crippen molar-refractivity contribution in [3.05, 3.63) is 65.7 Å². The van der Waals surface area contributed by atoms with Gasteiger partial charge in [0.2, 0.25) is 10.0 Å². The Labute approximate surface area is 198 Å². The van der Waals surface area contributed by atoms with Gasteiger partial charge in [-0.3, -0.25) is 0 Å². The van der Waals surface area contributed by atoms with Crippen molar-refractivity contribution in [1.29, 1.82) is 0 Å². The van der Waals surface area contributed by atoms with Crippen LogP contribution in [0.25, 0.3) is 0 Å².